The molecule has 0 fully saturated rings. The van der Waals surface area contributed by atoms with Crippen LogP contribution in [0.5, 0.6) is 11.5 Å². The predicted molar refractivity (Wildman–Crippen MR) is 97.9 cm³/mol. The van der Waals surface area contributed by atoms with E-state index in [4.69, 9.17) is 43.1 Å². The number of esters is 1. The van der Waals surface area contributed by atoms with E-state index in [1.807, 2.05) is 0 Å². The van der Waals surface area contributed by atoms with Gasteiger partial charge in [0.25, 0.3) is 5.91 Å². The Morgan fingerprint density at radius 2 is 1.85 bits per heavy atom. The van der Waals surface area contributed by atoms with Crippen molar-refractivity contribution < 1.29 is 23.8 Å². The van der Waals surface area contributed by atoms with Gasteiger partial charge in [0.2, 0.25) is 0 Å². The number of halogens is 2. The maximum absolute atomic E-state index is 12.0. The van der Waals surface area contributed by atoms with Gasteiger partial charge in [-0.05, 0) is 37.3 Å². The van der Waals surface area contributed by atoms with Crippen LogP contribution < -0.4 is 15.2 Å². The lowest BCUT2D eigenvalue weighted by molar-refractivity contribution is -0.125. The van der Waals surface area contributed by atoms with Crippen LogP contribution in [0.25, 0.3) is 0 Å². The lowest BCUT2D eigenvalue weighted by Crippen LogP contribution is -2.30. The summed E-state index contributed by atoms with van der Waals surface area (Å²) in [6.07, 6.45) is -1.03. The van der Waals surface area contributed by atoms with Gasteiger partial charge in [0.1, 0.15) is 6.61 Å². The highest BCUT2D eigenvalue weighted by atomic mass is 35.5. The number of methoxy groups -OCH3 is 1. The lowest BCUT2D eigenvalue weighted by Gasteiger charge is -2.14. The number of hydrogen-bond donors (Lipinski definition) is 1. The first-order valence-electron chi connectivity index (χ1n) is 7.57. The van der Waals surface area contributed by atoms with E-state index < -0.39 is 18.0 Å². The summed E-state index contributed by atoms with van der Waals surface area (Å²) in [6, 6.07) is 9.61. The zero-order valence-corrected chi connectivity index (χ0v) is 15.6. The van der Waals surface area contributed by atoms with E-state index in [0.717, 1.165) is 5.56 Å². The van der Waals surface area contributed by atoms with Gasteiger partial charge < -0.3 is 19.9 Å². The number of benzene rings is 2. The number of nitrogens with two attached hydrogens (primary N) is 1. The minimum absolute atomic E-state index is 0.189. The highest BCUT2D eigenvalue weighted by Gasteiger charge is 2.18. The third kappa shape index (κ3) is 5.03. The maximum atomic E-state index is 12.0. The molecular weight excluding hydrogens is 381 g/mol. The van der Waals surface area contributed by atoms with Crippen molar-refractivity contribution in [3.63, 3.8) is 0 Å². The zero-order chi connectivity index (χ0) is 19.3. The number of ether oxygens (including phenoxy) is 3. The molecule has 0 aliphatic carbocycles. The molecule has 1 atom stereocenters. The van der Waals surface area contributed by atoms with Crippen LogP contribution in [-0.4, -0.2) is 25.1 Å². The van der Waals surface area contributed by atoms with Gasteiger partial charge in [-0.25, -0.2) is 4.79 Å². The van der Waals surface area contributed by atoms with Crippen molar-refractivity contribution in [2.45, 2.75) is 19.6 Å². The van der Waals surface area contributed by atoms with Crippen LogP contribution in [0.4, 0.5) is 0 Å². The van der Waals surface area contributed by atoms with E-state index in [0.29, 0.717) is 21.5 Å². The van der Waals surface area contributed by atoms with Crippen LogP contribution in [0.1, 0.15) is 22.8 Å². The first-order valence-corrected chi connectivity index (χ1v) is 8.32. The fourth-order valence-corrected chi connectivity index (χ4v) is 2.46. The molecule has 0 bridgehead atoms. The molecule has 0 aliphatic rings. The Bertz CT molecular complexity index is 825. The summed E-state index contributed by atoms with van der Waals surface area (Å²) in [6.45, 7) is 1.58. The van der Waals surface area contributed by atoms with Crippen LogP contribution in [0.3, 0.4) is 0 Å². The first kappa shape index (κ1) is 19.9. The Kier molecular flexibility index (Phi) is 6.71. The molecule has 0 spiro atoms. The number of primary amides is 1. The quantitative estimate of drug-likeness (QED) is 0.720. The second-order valence-corrected chi connectivity index (χ2v) is 6.18. The molecule has 2 aromatic rings. The van der Waals surface area contributed by atoms with Gasteiger partial charge in [-0.2, -0.15) is 0 Å². The second kappa shape index (κ2) is 8.78. The fourth-order valence-electron chi connectivity index (χ4n) is 1.99. The highest BCUT2D eigenvalue weighted by Crippen LogP contribution is 2.30. The Morgan fingerprint density at radius 3 is 2.46 bits per heavy atom. The molecule has 0 aromatic heterocycles. The molecule has 6 nitrogen and oxygen atoms in total. The van der Waals surface area contributed by atoms with Gasteiger partial charge in [0.05, 0.1) is 12.7 Å². The number of carbonyl (C=O) groups excluding carboxylic acids is 2. The van der Waals surface area contributed by atoms with E-state index in [1.165, 1.54) is 26.2 Å². The SMILES string of the molecule is COc1cc(C(=O)OC(C)C(N)=O)ccc1OCc1ccc(Cl)cc1Cl. The summed E-state index contributed by atoms with van der Waals surface area (Å²) in [5, 5.41) is 1.02. The van der Waals surface area contributed by atoms with Crippen molar-refractivity contribution in [2.75, 3.05) is 7.11 Å². The summed E-state index contributed by atoms with van der Waals surface area (Å²) in [4.78, 5) is 23.0. The molecule has 138 valence electrons. The third-order valence-electron chi connectivity index (χ3n) is 3.48. The van der Waals surface area contributed by atoms with E-state index in [2.05, 4.69) is 0 Å². The summed E-state index contributed by atoms with van der Waals surface area (Å²) < 4.78 is 15.9. The minimum atomic E-state index is -1.03. The van der Waals surface area contributed by atoms with Gasteiger partial charge >= 0.3 is 5.97 Å². The van der Waals surface area contributed by atoms with E-state index in [9.17, 15) is 9.59 Å². The molecule has 1 amide bonds. The Hall–Kier alpha value is -2.44. The first-order chi connectivity index (χ1) is 12.3. The summed E-state index contributed by atoms with van der Waals surface area (Å²) in [7, 11) is 1.44. The van der Waals surface area contributed by atoms with Crippen LogP contribution in [0.2, 0.25) is 10.0 Å². The molecule has 0 aliphatic heterocycles. The normalized spacial score (nSPS) is 11.5. The molecule has 2 aromatic carbocycles. The van der Waals surface area contributed by atoms with Crippen LogP contribution >= 0.6 is 23.2 Å². The molecule has 0 radical (unpaired) electrons. The van der Waals surface area contributed by atoms with Gasteiger partial charge in [-0.3, -0.25) is 4.79 Å². The molecular formula is C18H17Cl2NO5. The van der Waals surface area contributed by atoms with Crippen molar-refractivity contribution in [2.24, 2.45) is 5.73 Å². The van der Waals surface area contributed by atoms with Crippen molar-refractivity contribution in [1.82, 2.24) is 0 Å². The van der Waals surface area contributed by atoms with Crippen molar-refractivity contribution in [1.29, 1.82) is 0 Å². The molecule has 1 unspecified atom stereocenters. The predicted octanol–water partition coefficient (Wildman–Crippen LogP) is 3.61. The third-order valence-corrected chi connectivity index (χ3v) is 4.07. The molecule has 2 N–H and O–H groups in total. The molecule has 0 saturated heterocycles. The van der Waals surface area contributed by atoms with Crippen molar-refractivity contribution >= 4 is 35.1 Å². The largest absolute Gasteiger partial charge is 0.493 e. The van der Waals surface area contributed by atoms with Crippen molar-refractivity contribution in [3.8, 4) is 11.5 Å². The van der Waals surface area contributed by atoms with Crippen LogP contribution in [0.15, 0.2) is 36.4 Å². The zero-order valence-electron chi connectivity index (χ0n) is 14.1. The summed E-state index contributed by atoms with van der Waals surface area (Å²) in [5.41, 5.74) is 6.03. The standard InChI is InChI=1S/C18H17Cl2NO5/c1-10(17(21)22)26-18(23)11-4-6-15(16(7-11)24-2)25-9-12-3-5-13(19)8-14(12)20/h3-8,10H,9H2,1-2H3,(H2,21,22). The van der Waals surface area contributed by atoms with Gasteiger partial charge in [-0.15, -0.1) is 0 Å². The van der Waals surface area contributed by atoms with Gasteiger partial charge in [0.15, 0.2) is 17.6 Å². The number of carbonyl (C=O) groups is 2. The molecule has 0 saturated carbocycles. The topological polar surface area (TPSA) is 87.9 Å². The number of amides is 1. The average molecular weight is 398 g/mol. The van der Waals surface area contributed by atoms with Crippen molar-refractivity contribution in [3.05, 3.63) is 57.6 Å². The smallest absolute Gasteiger partial charge is 0.339 e. The van der Waals surface area contributed by atoms with Crippen LogP contribution in [-0.2, 0) is 16.1 Å². The monoisotopic (exact) mass is 397 g/mol. The Labute approximate surface area is 160 Å². The molecule has 8 heteroatoms. The minimum Gasteiger partial charge on any atom is -0.493 e. The van der Waals surface area contributed by atoms with E-state index >= 15 is 0 Å². The summed E-state index contributed by atoms with van der Waals surface area (Å²) in [5.74, 6) is -0.679. The van der Waals surface area contributed by atoms with Gasteiger partial charge in [0, 0.05) is 15.6 Å². The molecule has 26 heavy (non-hydrogen) atoms. The molecule has 2 rings (SSSR count). The fraction of sp³-hybridized carbons (Fsp3) is 0.222. The Morgan fingerprint density at radius 1 is 1.12 bits per heavy atom. The van der Waals surface area contributed by atoms with Crippen LogP contribution in [0, 0.1) is 0 Å². The Balaban J connectivity index is 2.13. The van der Waals surface area contributed by atoms with E-state index in [1.54, 1.807) is 24.3 Å². The molecule has 0 heterocycles. The highest BCUT2D eigenvalue weighted by molar-refractivity contribution is 6.35. The van der Waals surface area contributed by atoms with Gasteiger partial charge in [-0.1, -0.05) is 29.3 Å². The maximum Gasteiger partial charge on any atom is 0.339 e. The van der Waals surface area contributed by atoms with E-state index in [-0.39, 0.29) is 12.2 Å². The lowest BCUT2D eigenvalue weighted by atomic mass is 10.2. The second-order valence-electron chi connectivity index (χ2n) is 5.34. The number of hydrogen-bond acceptors (Lipinski definition) is 5. The average Bonchev–Trinajstić information content (AvgIpc) is 2.60. The summed E-state index contributed by atoms with van der Waals surface area (Å²) >= 11 is 12.0. The number of rotatable bonds is 7.